The van der Waals surface area contributed by atoms with Gasteiger partial charge in [-0.3, -0.25) is 0 Å². The van der Waals surface area contributed by atoms with E-state index in [9.17, 15) is 0 Å². The van der Waals surface area contributed by atoms with Gasteiger partial charge in [0.05, 0.1) is 10.0 Å². The number of hydrogen-bond donors (Lipinski definition) is 1. The van der Waals surface area contributed by atoms with Crippen LogP contribution in [0.15, 0.2) is 12.1 Å². The van der Waals surface area contributed by atoms with Gasteiger partial charge in [-0.25, -0.2) is 0 Å². The minimum absolute atomic E-state index is 0.444. The molecule has 1 unspecified atom stereocenters. The second-order valence-electron chi connectivity index (χ2n) is 5.81. The van der Waals surface area contributed by atoms with E-state index >= 15 is 0 Å². The van der Waals surface area contributed by atoms with Crippen LogP contribution in [-0.2, 0) is 6.54 Å². The highest BCUT2D eigenvalue weighted by molar-refractivity contribution is 6.44. The summed E-state index contributed by atoms with van der Waals surface area (Å²) in [6.45, 7) is 5.31. The molecule has 1 aliphatic carbocycles. The van der Waals surface area contributed by atoms with Crippen molar-refractivity contribution in [2.24, 2.45) is 5.41 Å². The van der Waals surface area contributed by atoms with Crippen LogP contribution in [0.1, 0.15) is 38.7 Å². The fourth-order valence-corrected chi connectivity index (χ4v) is 3.27. The highest BCUT2D eigenvalue weighted by atomic mass is 35.5. The van der Waals surface area contributed by atoms with Gasteiger partial charge in [-0.1, -0.05) is 48.7 Å². The van der Waals surface area contributed by atoms with Crippen LogP contribution in [-0.4, -0.2) is 6.04 Å². The molecule has 1 saturated carbocycles. The van der Waals surface area contributed by atoms with Gasteiger partial charge in [0.2, 0.25) is 0 Å². The molecule has 0 heterocycles. The Morgan fingerprint density at radius 3 is 2.50 bits per heavy atom. The molecule has 1 aliphatic rings. The number of halogens is 3. The lowest BCUT2D eigenvalue weighted by atomic mass is 9.92. The Bertz CT molecular complexity index is 443. The average molecular weight is 307 g/mol. The summed E-state index contributed by atoms with van der Waals surface area (Å²) in [5.41, 5.74) is 1.34. The number of benzene rings is 1. The third kappa shape index (κ3) is 3.33. The predicted octanol–water partition coefficient (Wildman–Crippen LogP) is 5.32. The maximum absolute atomic E-state index is 6.18. The minimum atomic E-state index is 0.444. The Hall–Kier alpha value is 0.0500. The van der Waals surface area contributed by atoms with Gasteiger partial charge < -0.3 is 5.32 Å². The van der Waals surface area contributed by atoms with Crippen LogP contribution in [0.3, 0.4) is 0 Å². The van der Waals surface area contributed by atoms with E-state index in [2.05, 4.69) is 19.2 Å². The van der Waals surface area contributed by atoms with E-state index in [1.165, 1.54) is 19.3 Å². The van der Waals surface area contributed by atoms with Crippen molar-refractivity contribution in [3.05, 3.63) is 32.8 Å². The zero-order chi connectivity index (χ0) is 13.3. The minimum Gasteiger partial charge on any atom is -0.310 e. The molecule has 0 amide bonds. The smallest absolute Gasteiger partial charge is 0.0652 e. The predicted molar refractivity (Wildman–Crippen MR) is 79.7 cm³/mol. The van der Waals surface area contributed by atoms with Crippen molar-refractivity contribution in [3.8, 4) is 0 Å². The first-order chi connectivity index (χ1) is 8.39. The van der Waals surface area contributed by atoms with Crippen molar-refractivity contribution in [1.29, 1.82) is 0 Å². The molecule has 1 atom stereocenters. The molecule has 4 heteroatoms. The van der Waals surface area contributed by atoms with Gasteiger partial charge in [0.25, 0.3) is 0 Å². The third-order valence-electron chi connectivity index (χ3n) is 3.67. The van der Waals surface area contributed by atoms with E-state index in [4.69, 9.17) is 34.8 Å². The largest absolute Gasteiger partial charge is 0.310 e. The van der Waals surface area contributed by atoms with Crippen molar-refractivity contribution in [1.82, 2.24) is 5.32 Å². The highest BCUT2D eigenvalue weighted by Gasteiger charge is 2.30. The molecule has 0 bridgehead atoms. The first-order valence-corrected chi connectivity index (χ1v) is 7.38. The second kappa shape index (κ2) is 5.58. The van der Waals surface area contributed by atoms with E-state index in [-0.39, 0.29) is 0 Å². The summed E-state index contributed by atoms with van der Waals surface area (Å²) in [5, 5.41) is 5.33. The Kier molecular flexibility index (Phi) is 4.48. The molecule has 0 aromatic heterocycles. The van der Waals surface area contributed by atoms with E-state index in [0.717, 1.165) is 5.56 Å². The molecule has 1 aromatic rings. The van der Waals surface area contributed by atoms with Gasteiger partial charge >= 0.3 is 0 Å². The van der Waals surface area contributed by atoms with Gasteiger partial charge in [0.1, 0.15) is 0 Å². The molecule has 0 aliphatic heterocycles. The van der Waals surface area contributed by atoms with Gasteiger partial charge in [-0.2, -0.15) is 0 Å². The fourth-order valence-electron chi connectivity index (χ4n) is 2.59. The zero-order valence-electron chi connectivity index (χ0n) is 10.7. The maximum atomic E-state index is 6.18. The summed E-state index contributed by atoms with van der Waals surface area (Å²) in [6, 6.07) is 4.07. The molecule has 0 spiro atoms. The Morgan fingerprint density at radius 2 is 1.89 bits per heavy atom. The lowest BCUT2D eigenvalue weighted by molar-refractivity contribution is 0.364. The van der Waals surface area contributed by atoms with E-state index < -0.39 is 0 Å². The van der Waals surface area contributed by atoms with Crippen LogP contribution in [0.4, 0.5) is 0 Å². The number of nitrogens with one attached hydrogen (secondary N) is 1. The molecule has 2 rings (SSSR count). The van der Waals surface area contributed by atoms with Gasteiger partial charge in [-0.15, -0.1) is 0 Å². The molecule has 1 fully saturated rings. The summed E-state index contributed by atoms with van der Waals surface area (Å²) >= 11 is 18.4. The number of rotatable bonds is 3. The van der Waals surface area contributed by atoms with Crippen molar-refractivity contribution >= 4 is 34.8 Å². The SMILES string of the molecule is CC1(C)CCC(NCc2c(Cl)ccc(Cl)c2Cl)C1. The quantitative estimate of drug-likeness (QED) is 0.746. The molecular weight excluding hydrogens is 289 g/mol. The van der Waals surface area contributed by atoms with E-state index in [0.29, 0.717) is 33.1 Å². The van der Waals surface area contributed by atoms with E-state index in [1.807, 2.05) is 0 Å². The Balaban J connectivity index is 2.01. The molecule has 100 valence electrons. The Labute approximate surface area is 124 Å². The monoisotopic (exact) mass is 305 g/mol. The standard InChI is InChI=1S/C14H18Cl3N/c1-14(2)6-5-9(7-14)18-8-10-11(15)3-4-12(16)13(10)17/h3-4,9,18H,5-8H2,1-2H3. The first-order valence-electron chi connectivity index (χ1n) is 6.25. The molecule has 1 aromatic carbocycles. The molecule has 1 N–H and O–H groups in total. The lowest BCUT2D eigenvalue weighted by Gasteiger charge is -2.18. The van der Waals surface area contributed by atoms with Crippen LogP contribution in [0.25, 0.3) is 0 Å². The van der Waals surface area contributed by atoms with Gasteiger partial charge in [0, 0.05) is 23.2 Å². The summed E-state index contributed by atoms with van der Waals surface area (Å²) in [7, 11) is 0. The fraction of sp³-hybridized carbons (Fsp3) is 0.571. The number of hydrogen-bond acceptors (Lipinski definition) is 1. The normalized spacial score (nSPS) is 22.4. The van der Waals surface area contributed by atoms with Crippen molar-refractivity contribution in [2.45, 2.75) is 45.7 Å². The van der Waals surface area contributed by atoms with Crippen molar-refractivity contribution in [2.75, 3.05) is 0 Å². The average Bonchev–Trinajstić information content (AvgIpc) is 2.64. The molecule has 1 nitrogen and oxygen atoms in total. The van der Waals surface area contributed by atoms with Crippen LogP contribution >= 0.6 is 34.8 Å². The Morgan fingerprint density at radius 1 is 1.22 bits per heavy atom. The maximum Gasteiger partial charge on any atom is 0.0652 e. The van der Waals surface area contributed by atoms with Crippen LogP contribution < -0.4 is 5.32 Å². The van der Waals surface area contributed by atoms with Gasteiger partial charge in [-0.05, 0) is 36.8 Å². The summed E-state index contributed by atoms with van der Waals surface area (Å²) in [5.74, 6) is 0. The molecule has 0 saturated heterocycles. The van der Waals surface area contributed by atoms with Crippen molar-refractivity contribution in [3.63, 3.8) is 0 Å². The second-order valence-corrected chi connectivity index (χ2v) is 7.00. The molecular formula is C14H18Cl3N. The highest BCUT2D eigenvalue weighted by Crippen LogP contribution is 2.37. The third-order valence-corrected chi connectivity index (χ3v) is 4.87. The van der Waals surface area contributed by atoms with Gasteiger partial charge in [0.15, 0.2) is 0 Å². The summed E-state index contributed by atoms with van der Waals surface area (Å²) < 4.78 is 0. The molecule has 18 heavy (non-hydrogen) atoms. The van der Waals surface area contributed by atoms with Crippen LogP contribution in [0, 0.1) is 5.41 Å². The van der Waals surface area contributed by atoms with E-state index in [1.54, 1.807) is 12.1 Å². The summed E-state index contributed by atoms with van der Waals surface area (Å²) in [6.07, 6.45) is 3.67. The molecule has 0 radical (unpaired) electrons. The topological polar surface area (TPSA) is 12.0 Å². The van der Waals surface area contributed by atoms with Crippen LogP contribution in [0.5, 0.6) is 0 Å². The first kappa shape index (κ1) is 14.5. The lowest BCUT2D eigenvalue weighted by Crippen LogP contribution is -2.27. The van der Waals surface area contributed by atoms with Crippen LogP contribution in [0.2, 0.25) is 15.1 Å². The zero-order valence-corrected chi connectivity index (χ0v) is 13.0. The van der Waals surface area contributed by atoms with Crippen molar-refractivity contribution < 1.29 is 0 Å². The summed E-state index contributed by atoms with van der Waals surface area (Å²) in [4.78, 5) is 0.